The predicted octanol–water partition coefficient (Wildman–Crippen LogP) is 2.93. The van der Waals surface area contributed by atoms with E-state index in [-0.39, 0.29) is 5.38 Å². The van der Waals surface area contributed by atoms with Crippen molar-refractivity contribution in [1.82, 2.24) is 5.06 Å². The van der Waals surface area contributed by atoms with Crippen LogP contribution in [0.3, 0.4) is 0 Å². The van der Waals surface area contributed by atoms with E-state index in [4.69, 9.17) is 16.4 Å². The van der Waals surface area contributed by atoms with Gasteiger partial charge in [-0.05, 0) is 12.5 Å². The molecule has 0 aliphatic carbocycles. The molecule has 0 bridgehead atoms. The van der Waals surface area contributed by atoms with E-state index in [1.165, 1.54) is 5.06 Å². The Bertz CT molecular complexity index is 401. The van der Waals surface area contributed by atoms with Gasteiger partial charge in [-0.15, -0.1) is 16.7 Å². The Morgan fingerprint density at radius 3 is 2.47 bits per heavy atom. The first-order valence-electron chi connectivity index (χ1n) is 5.27. The Balaban J connectivity index is 2.72. The second kappa shape index (κ2) is 6.42. The fraction of sp³-hybridized carbons (Fsp3) is 0.308. The highest BCUT2D eigenvalue weighted by atomic mass is 35.5. The summed E-state index contributed by atoms with van der Waals surface area (Å²) in [6.07, 6.45) is 1.68. The van der Waals surface area contributed by atoms with Crippen molar-refractivity contribution in [3.63, 3.8) is 0 Å². The van der Waals surface area contributed by atoms with Crippen LogP contribution in [-0.4, -0.2) is 25.1 Å². The maximum atomic E-state index is 11.5. The molecule has 0 heterocycles. The van der Waals surface area contributed by atoms with Crippen molar-refractivity contribution < 1.29 is 9.63 Å². The van der Waals surface area contributed by atoms with Gasteiger partial charge in [0.05, 0.1) is 5.38 Å². The number of allylic oxidation sites excluding steroid dienone is 1. The normalized spacial score (nSPS) is 13.6. The van der Waals surface area contributed by atoms with Gasteiger partial charge in [-0.3, -0.25) is 0 Å². The van der Waals surface area contributed by atoms with Crippen LogP contribution in [0.1, 0.15) is 17.9 Å². The van der Waals surface area contributed by atoms with Crippen molar-refractivity contribution in [2.45, 2.75) is 12.3 Å². The number of hydrogen-bond donors (Lipinski definition) is 0. The Kier molecular flexibility index (Phi) is 5.19. The first-order valence-corrected chi connectivity index (χ1v) is 5.71. The molecule has 0 saturated carbocycles. The molecule has 0 aromatic heterocycles. The molecular weight excluding hydrogens is 238 g/mol. The smallest absolute Gasteiger partial charge is 0.352 e. The Hall–Kier alpha value is -1.32. The lowest BCUT2D eigenvalue weighted by Crippen LogP contribution is -2.19. The van der Waals surface area contributed by atoms with Gasteiger partial charge in [0.1, 0.15) is 0 Å². The maximum absolute atomic E-state index is 11.5. The van der Waals surface area contributed by atoms with Gasteiger partial charge in [-0.1, -0.05) is 36.4 Å². The van der Waals surface area contributed by atoms with E-state index < -0.39 is 5.97 Å². The molecule has 4 heteroatoms. The predicted molar refractivity (Wildman–Crippen MR) is 68.6 cm³/mol. The monoisotopic (exact) mass is 253 g/mol. The van der Waals surface area contributed by atoms with E-state index in [9.17, 15) is 4.79 Å². The number of hydroxylamine groups is 2. The summed E-state index contributed by atoms with van der Waals surface area (Å²) >= 11 is 6.18. The second-order valence-electron chi connectivity index (χ2n) is 3.85. The fourth-order valence-electron chi connectivity index (χ4n) is 1.26. The number of benzene rings is 1. The lowest BCUT2D eigenvalue weighted by Gasteiger charge is -2.11. The van der Waals surface area contributed by atoms with Crippen molar-refractivity contribution in [2.24, 2.45) is 0 Å². The number of carbonyl (C=O) groups excluding carboxylic acids is 1. The van der Waals surface area contributed by atoms with Crippen molar-refractivity contribution in [2.75, 3.05) is 14.1 Å². The van der Waals surface area contributed by atoms with Crippen LogP contribution in [-0.2, 0) is 9.63 Å². The third-order valence-corrected chi connectivity index (χ3v) is 2.48. The summed E-state index contributed by atoms with van der Waals surface area (Å²) < 4.78 is 0. The Morgan fingerprint density at radius 1 is 1.35 bits per heavy atom. The summed E-state index contributed by atoms with van der Waals surface area (Å²) in [5.41, 5.74) is 1.44. The van der Waals surface area contributed by atoms with E-state index >= 15 is 0 Å². The molecule has 0 amide bonds. The number of alkyl halides is 1. The highest BCUT2D eigenvalue weighted by Gasteiger charge is 2.11. The van der Waals surface area contributed by atoms with Crippen molar-refractivity contribution in [1.29, 1.82) is 0 Å². The summed E-state index contributed by atoms with van der Waals surface area (Å²) in [7, 11) is 3.31. The number of hydrogen-bond acceptors (Lipinski definition) is 3. The van der Waals surface area contributed by atoms with Crippen LogP contribution in [0.15, 0.2) is 42.0 Å². The largest absolute Gasteiger partial charge is 0.365 e. The molecule has 1 rings (SSSR count). The summed E-state index contributed by atoms with van der Waals surface area (Å²) in [4.78, 5) is 16.4. The SMILES string of the molecule is CC(=CC(Cl)c1ccccc1)C(=O)ON(C)C. The topological polar surface area (TPSA) is 29.5 Å². The maximum Gasteiger partial charge on any atom is 0.352 e. The van der Waals surface area contributed by atoms with Gasteiger partial charge in [0.2, 0.25) is 0 Å². The minimum Gasteiger partial charge on any atom is -0.365 e. The van der Waals surface area contributed by atoms with Gasteiger partial charge >= 0.3 is 5.97 Å². The summed E-state index contributed by atoms with van der Waals surface area (Å²) in [5.74, 6) is -0.392. The first kappa shape index (κ1) is 13.7. The van der Waals surface area contributed by atoms with Crippen LogP contribution in [0.5, 0.6) is 0 Å². The highest BCUT2D eigenvalue weighted by Crippen LogP contribution is 2.23. The molecule has 1 aromatic rings. The van der Waals surface area contributed by atoms with Crippen LogP contribution < -0.4 is 0 Å². The molecule has 0 aliphatic rings. The molecule has 92 valence electrons. The number of rotatable bonds is 4. The lowest BCUT2D eigenvalue weighted by molar-refractivity contribution is -0.172. The van der Waals surface area contributed by atoms with Gasteiger partial charge in [-0.25, -0.2) is 4.79 Å². The molecule has 0 N–H and O–H groups in total. The Morgan fingerprint density at radius 2 is 1.94 bits per heavy atom. The van der Waals surface area contributed by atoms with Gasteiger partial charge in [0, 0.05) is 19.7 Å². The molecule has 0 fully saturated rings. The van der Waals surface area contributed by atoms with Crippen molar-refractivity contribution in [3.05, 3.63) is 47.5 Å². The van der Waals surface area contributed by atoms with E-state index in [0.29, 0.717) is 5.57 Å². The molecule has 0 aliphatic heterocycles. The van der Waals surface area contributed by atoms with Gasteiger partial charge in [-0.2, -0.15) is 0 Å². The molecule has 3 nitrogen and oxygen atoms in total. The Labute approximate surface area is 107 Å². The quantitative estimate of drug-likeness (QED) is 0.469. The summed E-state index contributed by atoms with van der Waals surface area (Å²) in [6.45, 7) is 1.68. The minimum atomic E-state index is -0.392. The zero-order valence-electron chi connectivity index (χ0n) is 10.2. The van der Waals surface area contributed by atoms with Crippen molar-refractivity contribution in [3.8, 4) is 0 Å². The fourth-order valence-corrected chi connectivity index (χ4v) is 1.59. The zero-order chi connectivity index (χ0) is 12.8. The third-order valence-electron chi connectivity index (χ3n) is 2.10. The van der Waals surface area contributed by atoms with Crippen LogP contribution in [0.25, 0.3) is 0 Å². The molecular formula is C13H16ClNO2. The molecule has 1 unspecified atom stereocenters. The standard InChI is InChI=1S/C13H16ClNO2/c1-10(13(16)17-15(2)3)9-12(14)11-7-5-4-6-8-11/h4-9,12H,1-3H3. The molecule has 0 spiro atoms. The first-order chi connectivity index (χ1) is 8.00. The van der Waals surface area contributed by atoms with E-state index in [1.807, 2.05) is 30.3 Å². The van der Waals surface area contributed by atoms with Gasteiger partial charge in [0.25, 0.3) is 0 Å². The number of carbonyl (C=O) groups is 1. The average Bonchev–Trinajstić information content (AvgIpc) is 2.29. The molecule has 17 heavy (non-hydrogen) atoms. The molecule has 0 radical (unpaired) electrons. The van der Waals surface area contributed by atoms with Gasteiger partial charge < -0.3 is 4.84 Å². The second-order valence-corrected chi connectivity index (χ2v) is 4.32. The minimum absolute atomic E-state index is 0.328. The van der Waals surface area contributed by atoms with Crippen LogP contribution >= 0.6 is 11.6 Å². The molecule has 0 saturated heterocycles. The van der Waals surface area contributed by atoms with Crippen LogP contribution in [0, 0.1) is 0 Å². The number of halogens is 1. The van der Waals surface area contributed by atoms with Gasteiger partial charge in [0.15, 0.2) is 0 Å². The summed E-state index contributed by atoms with van der Waals surface area (Å²) in [6, 6.07) is 9.57. The van der Waals surface area contributed by atoms with Crippen LogP contribution in [0.4, 0.5) is 0 Å². The van der Waals surface area contributed by atoms with E-state index in [1.54, 1.807) is 27.1 Å². The van der Waals surface area contributed by atoms with Crippen molar-refractivity contribution >= 4 is 17.6 Å². The molecule has 1 aromatic carbocycles. The summed E-state index contributed by atoms with van der Waals surface area (Å²) in [5, 5.41) is 1.02. The van der Waals surface area contributed by atoms with Crippen LogP contribution in [0.2, 0.25) is 0 Å². The highest BCUT2D eigenvalue weighted by molar-refractivity contribution is 6.22. The molecule has 1 atom stereocenters. The van der Waals surface area contributed by atoms with E-state index in [2.05, 4.69) is 0 Å². The zero-order valence-corrected chi connectivity index (χ0v) is 10.9. The average molecular weight is 254 g/mol. The lowest BCUT2D eigenvalue weighted by atomic mass is 10.1. The van der Waals surface area contributed by atoms with E-state index in [0.717, 1.165) is 5.56 Å². The third kappa shape index (κ3) is 4.59. The number of nitrogens with zero attached hydrogens (tertiary/aromatic N) is 1.